The van der Waals surface area contributed by atoms with E-state index in [1.54, 1.807) is 0 Å². The molecule has 4 aromatic rings. The van der Waals surface area contributed by atoms with Gasteiger partial charge in [-0.1, -0.05) is 19.9 Å². The number of nitrogens with one attached hydrogen (secondary N) is 1. The van der Waals surface area contributed by atoms with Crippen LogP contribution in [0.2, 0.25) is 0 Å². The van der Waals surface area contributed by atoms with Gasteiger partial charge in [0.2, 0.25) is 0 Å². The SMILES string of the molecule is Cc1cccc(-c2[nH]ncc2-c2ccc3ncc(N4CCC(N(C)CC(C)C)CC4)cc3n2)n1. The van der Waals surface area contributed by atoms with Crippen LogP contribution in [0.5, 0.6) is 0 Å². The highest BCUT2D eigenvalue weighted by molar-refractivity contribution is 5.84. The maximum Gasteiger partial charge on any atom is 0.0928 e. The molecule has 0 saturated carbocycles. The highest BCUT2D eigenvalue weighted by atomic mass is 15.2. The molecule has 0 atom stereocenters. The molecule has 7 heteroatoms. The van der Waals surface area contributed by atoms with E-state index in [0.29, 0.717) is 12.0 Å². The standard InChI is InChI=1S/C27H33N7/c1-18(2)17-33(4)20-10-12-34(13-11-20)21-14-26-24(28-15-21)9-8-23(31-26)22-16-29-32-27(22)25-7-5-6-19(3)30-25/h5-9,14-16,18,20H,10-13,17H2,1-4H3,(H,29,32). The molecule has 0 aromatic carbocycles. The Morgan fingerprint density at radius 3 is 2.62 bits per heavy atom. The second kappa shape index (κ2) is 9.50. The van der Waals surface area contributed by atoms with Crippen molar-refractivity contribution < 1.29 is 0 Å². The summed E-state index contributed by atoms with van der Waals surface area (Å²) in [6, 6.07) is 12.9. The number of fused-ring (bicyclic) bond motifs is 1. The van der Waals surface area contributed by atoms with Crippen LogP contribution in [0.15, 0.2) is 48.8 Å². The van der Waals surface area contributed by atoms with Gasteiger partial charge in [-0.25, -0.2) is 4.98 Å². The fraction of sp³-hybridized carbons (Fsp3) is 0.407. The Bertz CT molecular complexity index is 1270. The first-order valence-corrected chi connectivity index (χ1v) is 12.2. The maximum atomic E-state index is 4.97. The Morgan fingerprint density at radius 2 is 1.85 bits per heavy atom. The molecule has 0 amide bonds. The van der Waals surface area contributed by atoms with Crippen molar-refractivity contribution >= 4 is 16.7 Å². The monoisotopic (exact) mass is 455 g/mol. The minimum atomic E-state index is 0.659. The zero-order valence-electron chi connectivity index (χ0n) is 20.5. The lowest BCUT2D eigenvalue weighted by atomic mass is 10.0. The number of pyridine rings is 3. The van der Waals surface area contributed by atoms with Crippen molar-refractivity contribution in [2.45, 2.75) is 39.7 Å². The smallest absolute Gasteiger partial charge is 0.0928 e. The van der Waals surface area contributed by atoms with Crippen molar-refractivity contribution in [2.24, 2.45) is 5.92 Å². The van der Waals surface area contributed by atoms with E-state index >= 15 is 0 Å². The van der Waals surface area contributed by atoms with Gasteiger partial charge in [-0.15, -0.1) is 0 Å². The van der Waals surface area contributed by atoms with Gasteiger partial charge in [0.1, 0.15) is 0 Å². The molecule has 0 bridgehead atoms. The van der Waals surface area contributed by atoms with E-state index in [1.807, 2.05) is 49.6 Å². The molecule has 1 fully saturated rings. The molecule has 1 N–H and O–H groups in total. The number of aromatic nitrogens is 5. The number of hydrogen-bond donors (Lipinski definition) is 1. The molecule has 176 valence electrons. The van der Waals surface area contributed by atoms with Crippen molar-refractivity contribution in [1.29, 1.82) is 0 Å². The van der Waals surface area contributed by atoms with E-state index in [0.717, 1.165) is 64.7 Å². The van der Waals surface area contributed by atoms with Crippen LogP contribution in [0, 0.1) is 12.8 Å². The van der Waals surface area contributed by atoms with E-state index in [2.05, 4.69) is 51.9 Å². The van der Waals surface area contributed by atoms with Gasteiger partial charge in [0.25, 0.3) is 0 Å². The number of hydrogen-bond acceptors (Lipinski definition) is 6. The second-order valence-electron chi connectivity index (χ2n) is 9.80. The lowest BCUT2D eigenvalue weighted by molar-refractivity contribution is 0.188. The first-order valence-electron chi connectivity index (χ1n) is 12.2. The molecule has 1 aliphatic rings. The second-order valence-corrected chi connectivity index (χ2v) is 9.80. The summed E-state index contributed by atoms with van der Waals surface area (Å²) in [7, 11) is 2.26. The minimum absolute atomic E-state index is 0.659. The van der Waals surface area contributed by atoms with E-state index in [4.69, 9.17) is 9.97 Å². The van der Waals surface area contributed by atoms with E-state index in [1.165, 1.54) is 12.8 Å². The minimum Gasteiger partial charge on any atom is -0.370 e. The molecule has 34 heavy (non-hydrogen) atoms. The third-order valence-corrected chi connectivity index (χ3v) is 6.69. The zero-order valence-corrected chi connectivity index (χ0v) is 20.5. The Balaban J connectivity index is 1.38. The average molecular weight is 456 g/mol. The van der Waals surface area contributed by atoms with Crippen LogP contribution in [0.3, 0.4) is 0 Å². The number of piperidine rings is 1. The number of rotatable bonds is 6. The van der Waals surface area contributed by atoms with Crippen LogP contribution >= 0.6 is 0 Å². The predicted molar refractivity (Wildman–Crippen MR) is 138 cm³/mol. The van der Waals surface area contributed by atoms with Crippen molar-refractivity contribution in [3.05, 3.63) is 54.5 Å². The van der Waals surface area contributed by atoms with Gasteiger partial charge in [0.15, 0.2) is 0 Å². The van der Waals surface area contributed by atoms with Gasteiger partial charge < -0.3 is 9.80 Å². The topological polar surface area (TPSA) is 73.8 Å². The molecule has 5 heterocycles. The Hall–Kier alpha value is -3.32. The van der Waals surface area contributed by atoms with Gasteiger partial charge in [-0.05, 0) is 63.1 Å². The van der Waals surface area contributed by atoms with Crippen LogP contribution in [0.1, 0.15) is 32.4 Å². The third-order valence-electron chi connectivity index (χ3n) is 6.69. The first-order chi connectivity index (χ1) is 16.5. The number of H-pyrrole nitrogens is 1. The van der Waals surface area contributed by atoms with E-state index in [-0.39, 0.29) is 0 Å². The molecule has 7 nitrogen and oxygen atoms in total. The Labute approximate surface area is 201 Å². The molecule has 0 radical (unpaired) electrons. The molecule has 0 aliphatic carbocycles. The largest absolute Gasteiger partial charge is 0.370 e. The van der Waals surface area contributed by atoms with E-state index < -0.39 is 0 Å². The van der Waals surface area contributed by atoms with Crippen LogP contribution in [-0.4, -0.2) is 62.8 Å². The molecule has 5 rings (SSSR count). The van der Waals surface area contributed by atoms with Gasteiger partial charge in [0, 0.05) is 36.9 Å². The third kappa shape index (κ3) is 4.66. The molecule has 4 aromatic heterocycles. The number of aryl methyl sites for hydroxylation is 1. The Morgan fingerprint density at radius 1 is 1.03 bits per heavy atom. The van der Waals surface area contributed by atoms with Gasteiger partial charge in [-0.3, -0.25) is 15.1 Å². The predicted octanol–water partition coefficient (Wildman–Crippen LogP) is 4.95. The summed E-state index contributed by atoms with van der Waals surface area (Å²) in [6.45, 7) is 9.82. The van der Waals surface area contributed by atoms with Gasteiger partial charge >= 0.3 is 0 Å². The molecule has 0 spiro atoms. The number of aromatic amines is 1. The fourth-order valence-corrected chi connectivity index (χ4v) is 4.97. The lowest BCUT2D eigenvalue weighted by Gasteiger charge is -2.38. The summed E-state index contributed by atoms with van der Waals surface area (Å²) in [5, 5.41) is 7.39. The number of anilines is 1. The normalized spacial score (nSPS) is 15.1. The van der Waals surface area contributed by atoms with Crippen LogP contribution < -0.4 is 4.90 Å². The van der Waals surface area contributed by atoms with Gasteiger partial charge in [0.05, 0.1) is 46.2 Å². The van der Waals surface area contributed by atoms with Crippen LogP contribution in [0.4, 0.5) is 5.69 Å². The van der Waals surface area contributed by atoms with Crippen molar-refractivity contribution in [1.82, 2.24) is 30.0 Å². The first kappa shape index (κ1) is 22.5. The fourth-order valence-electron chi connectivity index (χ4n) is 4.97. The van der Waals surface area contributed by atoms with Crippen molar-refractivity contribution in [3.63, 3.8) is 0 Å². The lowest BCUT2D eigenvalue weighted by Crippen LogP contribution is -2.44. The van der Waals surface area contributed by atoms with Gasteiger partial charge in [-0.2, -0.15) is 5.10 Å². The molecular weight excluding hydrogens is 422 g/mol. The molecule has 1 saturated heterocycles. The Kier molecular flexibility index (Phi) is 6.28. The summed E-state index contributed by atoms with van der Waals surface area (Å²) in [5.41, 5.74) is 7.48. The molecular formula is C27H33N7. The summed E-state index contributed by atoms with van der Waals surface area (Å²) in [4.78, 5) is 19.3. The summed E-state index contributed by atoms with van der Waals surface area (Å²) >= 11 is 0. The summed E-state index contributed by atoms with van der Waals surface area (Å²) in [5.74, 6) is 0.699. The molecule has 1 aliphatic heterocycles. The number of nitrogens with zero attached hydrogens (tertiary/aromatic N) is 6. The van der Waals surface area contributed by atoms with Crippen LogP contribution in [0.25, 0.3) is 33.7 Å². The van der Waals surface area contributed by atoms with Crippen molar-refractivity contribution in [2.75, 3.05) is 31.6 Å². The quantitative estimate of drug-likeness (QED) is 0.444. The highest BCUT2D eigenvalue weighted by Gasteiger charge is 2.23. The van der Waals surface area contributed by atoms with E-state index in [9.17, 15) is 0 Å². The van der Waals surface area contributed by atoms with Crippen molar-refractivity contribution in [3.8, 4) is 22.6 Å². The maximum absolute atomic E-state index is 4.97. The zero-order chi connectivity index (χ0) is 23.7. The summed E-state index contributed by atoms with van der Waals surface area (Å²) < 4.78 is 0. The average Bonchev–Trinajstić information content (AvgIpc) is 3.33. The summed E-state index contributed by atoms with van der Waals surface area (Å²) in [6.07, 6.45) is 6.16. The van der Waals surface area contributed by atoms with Crippen LogP contribution in [-0.2, 0) is 0 Å². The highest BCUT2D eigenvalue weighted by Crippen LogP contribution is 2.30. The molecule has 0 unspecified atom stereocenters.